The largest absolute Gasteiger partial charge is 0.292 e. The average Bonchev–Trinajstić information content (AvgIpc) is 3.27. The third-order valence-corrected chi connectivity index (χ3v) is 6.26. The number of benzene rings is 2. The number of nitrogens with zero attached hydrogens (tertiary/aromatic N) is 4. The summed E-state index contributed by atoms with van der Waals surface area (Å²) in [7, 11) is 0. The van der Waals surface area contributed by atoms with Gasteiger partial charge in [-0.15, -0.1) is 0 Å². The van der Waals surface area contributed by atoms with Crippen molar-refractivity contribution in [2.24, 2.45) is 16.9 Å². The van der Waals surface area contributed by atoms with Crippen molar-refractivity contribution in [2.75, 3.05) is 4.90 Å². The van der Waals surface area contributed by atoms with Gasteiger partial charge in [-0.1, -0.05) is 42.5 Å². The molecular weight excluding hydrogens is 412 g/mol. The van der Waals surface area contributed by atoms with Crippen LogP contribution in [0, 0.1) is 28.9 Å². The molecule has 160 valence electrons. The van der Waals surface area contributed by atoms with Gasteiger partial charge in [0.2, 0.25) is 11.8 Å². The van der Waals surface area contributed by atoms with Crippen LogP contribution in [0.2, 0.25) is 0 Å². The van der Waals surface area contributed by atoms with E-state index in [0.717, 1.165) is 4.90 Å². The smallest absolute Gasteiger partial charge is 0.271 e. The number of rotatable bonds is 4. The number of aryl methyl sites for hydroxylation is 1. The first-order chi connectivity index (χ1) is 15.4. The molecular formula is C23H18N4O5. The Morgan fingerprint density at radius 1 is 1.06 bits per heavy atom. The van der Waals surface area contributed by atoms with Crippen LogP contribution in [0.25, 0.3) is 0 Å². The van der Waals surface area contributed by atoms with Crippen molar-refractivity contribution in [3.05, 3.63) is 81.9 Å². The van der Waals surface area contributed by atoms with Crippen LogP contribution in [0.1, 0.15) is 15.9 Å². The second-order valence-corrected chi connectivity index (χ2v) is 7.99. The van der Waals surface area contributed by atoms with Crippen molar-refractivity contribution in [1.82, 2.24) is 5.01 Å². The molecule has 9 nitrogen and oxygen atoms in total. The fourth-order valence-electron chi connectivity index (χ4n) is 4.80. The minimum Gasteiger partial charge on any atom is -0.292 e. The van der Waals surface area contributed by atoms with Crippen molar-refractivity contribution in [1.29, 1.82) is 0 Å². The lowest BCUT2D eigenvalue weighted by Crippen LogP contribution is -2.46. The number of Topliss-reactive ketones (excluding diaryl/α,β-unsaturated/α-hetero) is 1. The molecule has 32 heavy (non-hydrogen) atoms. The number of hydrogen-bond donors (Lipinski definition) is 0. The Kier molecular flexibility index (Phi) is 4.47. The van der Waals surface area contributed by atoms with E-state index in [-0.39, 0.29) is 17.2 Å². The van der Waals surface area contributed by atoms with Crippen LogP contribution in [0.4, 0.5) is 11.4 Å². The molecule has 0 saturated carbocycles. The van der Waals surface area contributed by atoms with E-state index in [2.05, 4.69) is 5.10 Å². The van der Waals surface area contributed by atoms with Crippen LogP contribution in [0.15, 0.2) is 65.8 Å². The molecule has 2 amide bonds. The molecule has 0 unspecified atom stereocenters. The highest BCUT2D eigenvalue weighted by Gasteiger charge is 2.64. The maximum absolute atomic E-state index is 13.6. The van der Waals surface area contributed by atoms with Crippen LogP contribution < -0.4 is 4.90 Å². The summed E-state index contributed by atoms with van der Waals surface area (Å²) in [5, 5.41) is 17.1. The summed E-state index contributed by atoms with van der Waals surface area (Å²) in [6.45, 7) is 1.68. The zero-order valence-corrected chi connectivity index (χ0v) is 17.0. The lowest BCUT2D eigenvalue weighted by atomic mass is 9.86. The number of non-ortho nitro benzene ring substituents is 1. The fraction of sp³-hybridized carbons (Fsp3) is 0.217. The van der Waals surface area contributed by atoms with Crippen molar-refractivity contribution in [3.8, 4) is 0 Å². The monoisotopic (exact) mass is 430 g/mol. The molecule has 3 aliphatic rings. The Morgan fingerprint density at radius 2 is 1.78 bits per heavy atom. The molecule has 0 radical (unpaired) electrons. The normalized spacial score (nSPS) is 25.8. The van der Waals surface area contributed by atoms with Crippen LogP contribution in [-0.4, -0.2) is 45.8 Å². The molecule has 5 rings (SSSR count). The van der Waals surface area contributed by atoms with Crippen molar-refractivity contribution in [3.63, 3.8) is 0 Å². The van der Waals surface area contributed by atoms with E-state index in [4.69, 9.17) is 0 Å². The summed E-state index contributed by atoms with van der Waals surface area (Å²) in [6, 6.07) is 11.1. The molecule has 2 aromatic carbocycles. The van der Waals surface area contributed by atoms with E-state index >= 15 is 0 Å². The van der Waals surface area contributed by atoms with Gasteiger partial charge in [0.1, 0.15) is 6.04 Å². The Morgan fingerprint density at radius 3 is 2.50 bits per heavy atom. The van der Waals surface area contributed by atoms with E-state index in [1.807, 2.05) is 0 Å². The zero-order valence-electron chi connectivity index (χ0n) is 17.0. The molecule has 9 heteroatoms. The number of hydrazone groups is 1. The number of anilines is 1. The van der Waals surface area contributed by atoms with E-state index in [1.165, 1.54) is 29.4 Å². The third-order valence-electron chi connectivity index (χ3n) is 6.26. The van der Waals surface area contributed by atoms with Crippen molar-refractivity contribution >= 4 is 35.2 Å². The average molecular weight is 430 g/mol. The number of imide groups is 1. The highest BCUT2D eigenvalue weighted by atomic mass is 16.6. The minimum absolute atomic E-state index is 0.171. The van der Waals surface area contributed by atoms with E-state index in [9.17, 15) is 24.5 Å². The van der Waals surface area contributed by atoms with Crippen LogP contribution in [-0.2, 0) is 9.59 Å². The van der Waals surface area contributed by atoms with Gasteiger partial charge in [-0.25, -0.2) is 4.90 Å². The number of nitro benzene ring substituents is 1. The lowest BCUT2D eigenvalue weighted by Gasteiger charge is -2.30. The van der Waals surface area contributed by atoms with Gasteiger partial charge in [-0.3, -0.25) is 29.5 Å². The highest BCUT2D eigenvalue weighted by molar-refractivity contribution is 6.25. The number of fused-ring (bicyclic) bond motifs is 3. The van der Waals surface area contributed by atoms with Crippen molar-refractivity contribution in [2.45, 2.75) is 19.0 Å². The number of hydrogen-bond acceptors (Lipinski definition) is 7. The minimum atomic E-state index is -0.950. The molecule has 0 aliphatic carbocycles. The maximum Gasteiger partial charge on any atom is 0.271 e. The van der Waals surface area contributed by atoms with Gasteiger partial charge in [0.25, 0.3) is 5.69 Å². The summed E-state index contributed by atoms with van der Waals surface area (Å²) in [5.74, 6) is -3.08. The molecule has 3 heterocycles. The van der Waals surface area contributed by atoms with E-state index in [1.54, 1.807) is 49.4 Å². The molecule has 0 aromatic heterocycles. The van der Waals surface area contributed by atoms with Gasteiger partial charge in [-0.05, 0) is 18.6 Å². The number of carbonyl (C=O) groups is 3. The quantitative estimate of drug-likeness (QED) is 0.319. The molecule has 2 saturated heterocycles. The lowest BCUT2D eigenvalue weighted by molar-refractivity contribution is -0.384. The molecule has 3 aliphatic heterocycles. The number of amides is 2. The van der Waals surface area contributed by atoms with E-state index < -0.39 is 40.7 Å². The second-order valence-electron chi connectivity index (χ2n) is 7.99. The Hall–Kier alpha value is -4.14. The predicted octanol–water partition coefficient (Wildman–Crippen LogP) is 2.50. The number of allylic oxidation sites excluding steroid dienone is 1. The molecule has 2 aromatic rings. The summed E-state index contributed by atoms with van der Waals surface area (Å²) in [4.78, 5) is 52.2. The Bertz CT molecular complexity index is 1220. The number of nitro groups is 1. The third kappa shape index (κ3) is 2.78. The maximum atomic E-state index is 13.6. The first kappa shape index (κ1) is 19.8. The Balaban J connectivity index is 1.60. The fourth-order valence-corrected chi connectivity index (χ4v) is 4.80. The zero-order chi connectivity index (χ0) is 22.6. The van der Waals surface area contributed by atoms with Gasteiger partial charge < -0.3 is 0 Å². The molecule has 0 spiro atoms. The topological polar surface area (TPSA) is 113 Å². The molecule has 0 bridgehead atoms. The van der Waals surface area contributed by atoms with Crippen molar-refractivity contribution < 1.29 is 19.3 Å². The summed E-state index contributed by atoms with van der Waals surface area (Å²) < 4.78 is 0. The van der Waals surface area contributed by atoms with Gasteiger partial charge in [0, 0.05) is 23.9 Å². The van der Waals surface area contributed by atoms with Crippen LogP contribution >= 0.6 is 0 Å². The predicted molar refractivity (Wildman–Crippen MR) is 115 cm³/mol. The standard InChI is InChI=1S/C23H18N4O5/c1-13-9-10-15(27(31)32)12-17(13)25-22(29)18-16-8-5-11-24-26(16)20(19(18)23(25)30)21(28)14-6-3-2-4-7-14/h2-12,16,18-20H,1H3/t16-,18+,19+,20+/m1/s1. The number of ketones is 1. The summed E-state index contributed by atoms with van der Waals surface area (Å²) in [5.41, 5.74) is 0.928. The van der Waals surface area contributed by atoms with Gasteiger partial charge in [0.15, 0.2) is 5.78 Å². The first-order valence-electron chi connectivity index (χ1n) is 10.1. The SMILES string of the molecule is Cc1ccc([N+](=O)[O-])cc1N1C(=O)[C@@H]2[C@H](C1=O)[C@@H](C(=O)c1ccccc1)N1N=CC=C[C@H]21. The van der Waals surface area contributed by atoms with Gasteiger partial charge >= 0.3 is 0 Å². The second kappa shape index (κ2) is 7.23. The van der Waals surface area contributed by atoms with E-state index in [0.29, 0.717) is 11.1 Å². The highest BCUT2D eigenvalue weighted by Crippen LogP contribution is 2.47. The van der Waals surface area contributed by atoms with Crippen LogP contribution in [0.3, 0.4) is 0 Å². The van der Waals surface area contributed by atoms with Gasteiger partial charge in [0.05, 0.1) is 28.5 Å². The Labute approximate surface area is 182 Å². The molecule has 0 N–H and O–H groups in total. The van der Waals surface area contributed by atoms with Gasteiger partial charge in [-0.2, -0.15) is 5.10 Å². The molecule has 4 atom stereocenters. The number of carbonyl (C=O) groups excluding carboxylic acids is 3. The first-order valence-corrected chi connectivity index (χ1v) is 10.1. The summed E-state index contributed by atoms with van der Waals surface area (Å²) in [6.07, 6.45) is 4.98. The van der Waals surface area contributed by atoms with Crippen LogP contribution in [0.5, 0.6) is 0 Å². The summed E-state index contributed by atoms with van der Waals surface area (Å²) >= 11 is 0. The molecule has 2 fully saturated rings.